The molecule has 21 heavy (non-hydrogen) atoms. The third kappa shape index (κ3) is 4.10. The quantitative estimate of drug-likeness (QED) is 0.786. The number of halogens is 1. The molecule has 0 saturated carbocycles. The molecule has 1 heterocycles. The maximum absolute atomic E-state index is 5.96. The molecule has 0 fully saturated rings. The summed E-state index contributed by atoms with van der Waals surface area (Å²) < 4.78 is 7.32. The molecule has 0 atom stereocenters. The van der Waals surface area contributed by atoms with E-state index in [2.05, 4.69) is 41.9 Å². The molecule has 1 aromatic carbocycles. The fraction of sp³-hybridized carbons (Fsp3) is 0.412. The Bertz CT molecular complexity index is 575. The molecule has 0 unspecified atom stereocenters. The number of hydrogen-bond acceptors (Lipinski definition) is 2. The van der Waals surface area contributed by atoms with Gasteiger partial charge in [0.25, 0.3) is 0 Å². The second-order valence-corrected chi connectivity index (χ2v) is 5.67. The van der Waals surface area contributed by atoms with Crippen LogP contribution in [0.1, 0.15) is 23.4 Å². The van der Waals surface area contributed by atoms with Gasteiger partial charge in [-0.1, -0.05) is 11.6 Å². The molecule has 0 aliphatic heterocycles. The van der Waals surface area contributed by atoms with E-state index in [0.29, 0.717) is 0 Å². The average Bonchev–Trinajstić information content (AvgIpc) is 2.75. The fourth-order valence-electron chi connectivity index (χ4n) is 2.56. The highest BCUT2D eigenvalue weighted by molar-refractivity contribution is 6.30. The minimum atomic E-state index is 0.765. The minimum absolute atomic E-state index is 0.765. The molecule has 0 amide bonds. The first-order valence-electron chi connectivity index (χ1n) is 7.27. The monoisotopic (exact) mass is 306 g/mol. The van der Waals surface area contributed by atoms with Crippen LogP contribution in [0.5, 0.6) is 0 Å². The summed E-state index contributed by atoms with van der Waals surface area (Å²) in [5.74, 6) is 0. The number of ether oxygens (including phenoxy) is 1. The first-order valence-corrected chi connectivity index (χ1v) is 7.64. The zero-order chi connectivity index (χ0) is 15.2. The molecular weight excluding hydrogens is 284 g/mol. The van der Waals surface area contributed by atoms with Crippen LogP contribution in [0.15, 0.2) is 30.3 Å². The van der Waals surface area contributed by atoms with Crippen molar-refractivity contribution in [2.24, 2.45) is 0 Å². The van der Waals surface area contributed by atoms with Crippen molar-refractivity contribution in [3.63, 3.8) is 0 Å². The van der Waals surface area contributed by atoms with Gasteiger partial charge >= 0.3 is 0 Å². The summed E-state index contributed by atoms with van der Waals surface area (Å²) in [5, 5.41) is 4.23. The third-order valence-electron chi connectivity index (χ3n) is 3.64. The predicted molar refractivity (Wildman–Crippen MR) is 88.5 cm³/mol. The maximum atomic E-state index is 5.96. The standard InChI is InChI=1S/C17H23ClN2O/c1-13-11-15(12-19-9-4-10-21-3)14(2)20(13)17-7-5-16(18)6-8-17/h5-8,11,19H,4,9-10,12H2,1-3H3. The Hall–Kier alpha value is -1.29. The zero-order valence-corrected chi connectivity index (χ0v) is 13.7. The molecule has 0 bridgehead atoms. The molecule has 0 saturated heterocycles. The van der Waals surface area contributed by atoms with Gasteiger partial charge in [-0.15, -0.1) is 0 Å². The summed E-state index contributed by atoms with van der Waals surface area (Å²) in [7, 11) is 1.74. The van der Waals surface area contributed by atoms with Crippen molar-refractivity contribution in [1.82, 2.24) is 9.88 Å². The van der Waals surface area contributed by atoms with Gasteiger partial charge in [0.2, 0.25) is 0 Å². The summed E-state index contributed by atoms with van der Waals surface area (Å²) in [4.78, 5) is 0. The van der Waals surface area contributed by atoms with Gasteiger partial charge in [0.05, 0.1) is 0 Å². The molecule has 0 spiro atoms. The van der Waals surface area contributed by atoms with Gasteiger partial charge < -0.3 is 14.6 Å². The van der Waals surface area contributed by atoms with Gasteiger partial charge in [0.15, 0.2) is 0 Å². The van der Waals surface area contributed by atoms with Gasteiger partial charge in [0, 0.05) is 42.4 Å². The van der Waals surface area contributed by atoms with E-state index in [-0.39, 0.29) is 0 Å². The number of methoxy groups -OCH3 is 1. The summed E-state index contributed by atoms with van der Waals surface area (Å²) in [5.41, 5.74) is 5.00. The van der Waals surface area contributed by atoms with Gasteiger partial charge in [-0.25, -0.2) is 0 Å². The molecule has 114 valence electrons. The van der Waals surface area contributed by atoms with E-state index < -0.39 is 0 Å². The van der Waals surface area contributed by atoms with E-state index >= 15 is 0 Å². The molecule has 4 heteroatoms. The molecule has 1 N–H and O–H groups in total. The smallest absolute Gasteiger partial charge is 0.0474 e. The van der Waals surface area contributed by atoms with Crippen molar-refractivity contribution in [2.45, 2.75) is 26.8 Å². The minimum Gasteiger partial charge on any atom is -0.385 e. The molecule has 0 aliphatic carbocycles. The fourth-order valence-corrected chi connectivity index (χ4v) is 2.69. The van der Waals surface area contributed by atoms with Crippen LogP contribution in [-0.4, -0.2) is 24.8 Å². The normalized spacial score (nSPS) is 11.0. The lowest BCUT2D eigenvalue weighted by atomic mass is 10.2. The lowest BCUT2D eigenvalue weighted by Gasteiger charge is -2.10. The van der Waals surface area contributed by atoms with E-state index in [4.69, 9.17) is 16.3 Å². The van der Waals surface area contributed by atoms with Crippen LogP contribution in [0.4, 0.5) is 0 Å². The van der Waals surface area contributed by atoms with Crippen molar-refractivity contribution in [3.8, 4) is 5.69 Å². The Morgan fingerprint density at radius 3 is 2.57 bits per heavy atom. The van der Waals surface area contributed by atoms with Gasteiger partial charge in [-0.3, -0.25) is 0 Å². The van der Waals surface area contributed by atoms with Crippen LogP contribution in [0.3, 0.4) is 0 Å². The zero-order valence-electron chi connectivity index (χ0n) is 12.9. The average molecular weight is 307 g/mol. The Balaban J connectivity index is 2.08. The van der Waals surface area contributed by atoms with Crippen LogP contribution >= 0.6 is 11.6 Å². The third-order valence-corrected chi connectivity index (χ3v) is 3.89. The first kappa shape index (κ1) is 16.1. The number of nitrogens with zero attached hydrogens (tertiary/aromatic N) is 1. The van der Waals surface area contributed by atoms with Crippen LogP contribution in [0, 0.1) is 13.8 Å². The van der Waals surface area contributed by atoms with E-state index in [9.17, 15) is 0 Å². The number of benzene rings is 1. The molecular formula is C17H23ClN2O. The van der Waals surface area contributed by atoms with E-state index in [1.807, 2.05) is 12.1 Å². The maximum Gasteiger partial charge on any atom is 0.0474 e. The predicted octanol–water partition coefficient (Wildman–Crippen LogP) is 3.87. The Morgan fingerprint density at radius 2 is 1.90 bits per heavy atom. The summed E-state index contributed by atoms with van der Waals surface area (Å²) in [6.07, 6.45) is 1.03. The topological polar surface area (TPSA) is 26.2 Å². The molecule has 0 radical (unpaired) electrons. The van der Waals surface area contributed by atoms with E-state index in [1.165, 1.54) is 17.0 Å². The Morgan fingerprint density at radius 1 is 1.19 bits per heavy atom. The van der Waals surface area contributed by atoms with E-state index in [1.54, 1.807) is 7.11 Å². The van der Waals surface area contributed by atoms with Crippen molar-refractivity contribution in [1.29, 1.82) is 0 Å². The van der Waals surface area contributed by atoms with Crippen LogP contribution < -0.4 is 5.32 Å². The molecule has 2 aromatic rings. The largest absolute Gasteiger partial charge is 0.385 e. The highest BCUT2D eigenvalue weighted by atomic mass is 35.5. The molecule has 2 rings (SSSR count). The number of nitrogens with one attached hydrogen (secondary N) is 1. The van der Waals surface area contributed by atoms with Crippen LogP contribution in [-0.2, 0) is 11.3 Å². The molecule has 1 aromatic heterocycles. The number of rotatable bonds is 7. The number of hydrogen-bond donors (Lipinski definition) is 1. The lowest BCUT2D eigenvalue weighted by Crippen LogP contribution is -2.16. The number of aromatic nitrogens is 1. The Labute approximate surface area is 131 Å². The molecule has 0 aliphatic rings. The van der Waals surface area contributed by atoms with Crippen LogP contribution in [0.2, 0.25) is 5.02 Å². The lowest BCUT2D eigenvalue weighted by molar-refractivity contribution is 0.194. The second-order valence-electron chi connectivity index (χ2n) is 5.23. The summed E-state index contributed by atoms with van der Waals surface area (Å²) >= 11 is 5.96. The first-order chi connectivity index (χ1) is 10.1. The second kappa shape index (κ2) is 7.64. The van der Waals surface area contributed by atoms with Crippen molar-refractivity contribution in [3.05, 3.63) is 52.3 Å². The van der Waals surface area contributed by atoms with Gasteiger partial charge in [-0.2, -0.15) is 0 Å². The highest BCUT2D eigenvalue weighted by Crippen LogP contribution is 2.22. The van der Waals surface area contributed by atoms with Gasteiger partial charge in [-0.05, 0) is 62.7 Å². The summed E-state index contributed by atoms with van der Waals surface area (Å²) in [6, 6.07) is 10.2. The van der Waals surface area contributed by atoms with Crippen molar-refractivity contribution < 1.29 is 4.74 Å². The SMILES string of the molecule is COCCCNCc1cc(C)n(-c2ccc(Cl)cc2)c1C. The Kier molecular flexibility index (Phi) is 5.85. The van der Waals surface area contributed by atoms with Gasteiger partial charge in [0.1, 0.15) is 0 Å². The highest BCUT2D eigenvalue weighted by Gasteiger charge is 2.10. The van der Waals surface area contributed by atoms with E-state index in [0.717, 1.165) is 36.8 Å². The van der Waals surface area contributed by atoms with Crippen LogP contribution in [0.25, 0.3) is 5.69 Å². The molecule has 3 nitrogen and oxygen atoms in total. The van der Waals surface area contributed by atoms with Crippen molar-refractivity contribution in [2.75, 3.05) is 20.3 Å². The number of aryl methyl sites for hydroxylation is 1. The van der Waals surface area contributed by atoms with Crippen molar-refractivity contribution >= 4 is 11.6 Å². The summed E-state index contributed by atoms with van der Waals surface area (Å²) in [6.45, 7) is 6.95.